The number of aromatic carboxylic acids is 1. The number of carboxylic acids is 3. The molecule has 0 aliphatic carbocycles. The summed E-state index contributed by atoms with van der Waals surface area (Å²) in [4.78, 5) is 44.8. The van der Waals surface area contributed by atoms with Gasteiger partial charge in [0.2, 0.25) is 5.91 Å². The van der Waals surface area contributed by atoms with E-state index in [1.165, 1.54) is 24.3 Å². The average molecular weight is 731 g/mol. The quantitative estimate of drug-likeness (QED) is 0.0613. The van der Waals surface area contributed by atoms with Gasteiger partial charge >= 0.3 is 17.9 Å². The maximum absolute atomic E-state index is 12.5. The number of aromatic hydroxyl groups is 1. The van der Waals surface area contributed by atoms with Crippen LogP contribution in [-0.2, 0) is 41.6 Å². The summed E-state index contributed by atoms with van der Waals surface area (Å²) in [7, 11) is -4.74. The third-order valence-electron chi connectivity index (χ3n) is 5.83. The molecule has 0 aliphatic rings. The number of rotatable bonds is 12. The smallest absolute Gasteiger partial charge is 0.338 e. The van der Waals surface area contributed by atoms with Crippen LogP contribution in [0, 0.1) is 6.92 Å². The minimum Gasteiger partial charge on any atom is -0.505 e. The number of hydrogen-bond donors (Lipinski definition) is 7. The summed E-state index contributed by atoms with van der Waals surface area (Å²) < 4.78 is 33.7. The molecule has 0 aliphatic heterocycles. The third-order valence-corrected chi connectivity index (χ3v) is 7.46. The van der Waals surface area contributed by atoms with Gasteiger partial charge < -0.3 is 31.1 Å². The fourth-order valence-electron chi connectivity index (χ4n) is 3.84. The molecule has 15 nitrogen and oxygen atoms in total. The molecule has 3 rings (SSSR count). The minimum absolute atomic E-state index is 0. The van der Waals surface area contributed by atoms with Crippen molar-refractivity contribution in [3.8, 4) is 5.75 Å². The molecule has 43 heavy (non-hydrogen) atoms. The van der Waals surface area contributed by atoms with Gasteiger partial charge in [-0.05, 0) is 36.8 Å². The Hall–Kier alpha value is -3.93. The maximum atomic E-state index is 12.5. The Morgan fingerprint density at radius 3 is 2.23 bits per heavy atom. The number of fused-ring (bicyclic) bond motifs is 1. The maximum Gasteiger partial charge on any atom is 0.338 e. The van der Waals surface area contributed by atoms with E-state index in [0.29, 0.717) is 5.56 Å². The molecule has 0 bridgehead atoms. The van der Waals surface area contributed by atoms with Crippen LogP contribution in [0.4, 0.5) is 17.1 Å². The molecule has 0 spiro atoms. The van der Waals surface area contributed by atoms with Gasteiger partial charge in [0.05, 0.1) is 12.0 Å². The van der Waals surface area contributed by atoms with Gasteiger partial charge in [0.15, 0.2) is 5.75 Å². The van der Waals surface area contributed by atoms with Crippen LogP contribution in [0.1, 0.15) is 22.3 Å². The van der Waals surface area contributed by atoms with E-state index in [4.69, 9.17) is 10.2 Å². The van der Waals surface area contributed by atoms with Gasteiger partial charge in [-0.1, -0.05) is 34.1 Å². The van der Waals surface area contributed by atoms with E-state index in [1.807, 2.05) is 0 Å². The Balaban J connectivity index is 0.00000645. The summed E-state index contributed by atoms with van der Waals surface area (Å²) in [5, 5.41) is 51.0. The van der Waals surface area contributed by atoms with E-state index in [2.05, 4.69) is 36.8 Å². The van der Waals surface area contributed by atoms with E-state index in [-0.39, 0.29) is 51.4 Å². The Bertz CT molecular complexity index is 1730. The number of phenolic OH excluding ortho intramolecular Hbond substituents is 1. The topological polar surface area (TPSA) is 252 Å². The van der Waals surface area contributed by atoms with Crippen molar-refractivity contribution in [2.45, 2.75) is 29.1 Å². The first-order valence-electron chi connectivity index (χ1n) is 11.7. The van der Waals surface area contributed by atoms with Crippen LogP contribution in [0.2, 0.25) is 0 Å². The van der Waals surface area contributed by atoms with Gasteiger partial charge in [-0.3, -0.25) is 18.9 Å². The molecule has 2 unspecified atom stereocenters. The molecule has 0 aromatic heterocycles. The largest absolute Gasteiger partial charge is 0.505 e. The van der Waals surface area contributed by atoms with Gasteiger partial charge in [-0.15, -0.1) is 10.2 Å². The number of carbonyl (C=O) groups excluding carboxylic acids is 1. The predicted molar refractivity (Wildman–Crippen MR) is 151 cm³/mol. The fraction of sp³-hybridized carbons (Fsp3) is 0.200. The summed E-state index contributed by atoms with van der Waals surface area (Å²) in [6.07, 6.45) is -0.720. The molecule has 3 aromatic carbocycles. The Labute approximate surface area is 262 Å². The van der Waals surface area contributed by atoms with E-state index in [0.717, 1.165) is 12.1 Å². The summed E-state index contributed by atoms with van der Waals surface area (Å²) in [5.74, 6) is -5.40. The molecule has 0 heterocycles. The number of alkyl halides is 1. The summed E-state index contributed by atoms with van der Waals surface area (Å²) >= 11 is 3.06. The van der Waals surface area contributed by atoms with Crippen LogP contribution < -0.4 is 10.6 Å². The number of amides is 1. The molecule has 2 atom stereocenters. The second-order valence-corrected chi connectivity index (χ2v) is 11.3. The number of carbonyl (C=O) groups is 4. The number of anilines is 1. The fourth-order valence-corrected chi connectivity index (χ4v) is 4.85. The molecule has 18 heteroatoms. The second kappa shape index (κ2) is 14.5. The minimum atomic E-state index is -4.74. The van der Waals surface area contributed by atoms with Gasteiger partial charge in [0.1, 0.15) is 27.1 Å². The second-order valence-electron chi connectivity index (χ2n) is 8.81. The predicted octanol–water partition coefficient (Wildman–Crippen LogP) is 3.43. The van der Waals surface area contributed by atoms with E-state index in [1.54, 1.807) is 13.0 Å². The number of aryl methyl sites for hydroxylation is 1. The summed E-state index contributed by atoms with van der Waals surface area (Å²) in [6.45, 7) is 1.33. The van der Waals surface area contributed by atoms with Gasteiger partial charge in [-0.25, -0.2) is 4.79 Å². The Morgan fingerprint density at radius 1 is 1.00 bits per heavy atom. The number of nitrogens with zero attached hydrogens (tertiary/aromatic N) is 2. The number of aliphatic carboxylic acids is 2. The van der Waals surface area contributed by atoms with Gasteiger partial charge in [-0.2, -0.15) is 8.42 Å². The Kier molecular flexibility index (Phi) is 11.9. The molecule has 1 radical (unpaired) electrons. The van der Waals surface area contributed by atoms with Crippen LogP contribution in [0.3, 0.4) is 0 Å². The normalized spacial score (nSPS) is 12.8. The van der Waals surface area contributed by atoms with Crippen LogP contribution in [0.5, 0.6) is 5.75 Å². The molecule has 0 saturated heterocycles. The van der Waals surface area contributed by atoms with Crippen molar-refractivity contribution in [1.82, 2.24) is 5.32 Å². The molecule has 233 valence electrons. The van der Waals surface area contributed by atoms with Gasteiger partial charge in [0, 0.05) is 40.1 Å². The van der Waals surface area contributed by atoms with Crippen LogP contribution in [0.25, 0.3) is 10.8 Å². The number of benzene rings is 3. The van der Waals surface area contributed by atoms with E-state index < -0.39 is 67.4 Å². The van der Waals surface area contributed by atoms with Gasteiger partial charge in [0.25, 0.3) is 10.1 Å². The first-order valence-corrected chi connectivity index (χ1v) is 14.1. The molecule has 1 amide bonds. The first kappa shape index (κ1) is 35.3. The van der Waals surface area contributed by atoms with Crippen molar-refractivity contribution in [1.29, 1.82) is 0 Å². The number of carboxylic acid groups (broad SMARTS) is 3. The number of hydrogen-bond acceptors (Lipinski definition) is 10. The van der Waals surface area contributed by atoms with Crippen molar-refractivity contribution >= 4 is 77.7 Å². The molecule has 0 fully saturated rings. The molecule has 7 N–H and O–H groups in total. The summed E-state index contributed by atoms with van der Waals surface area (Å²) in [6, 6.07) is 7.48. The van der Waals surface area contributed by atoms with Crippen LogP contribution in [-0.4, -0.2) is 74.6 Å². The van der Waals surface area contributed by atoms with Crippen LogP contribution >= 0.6 is 15.9 Å². The third kappa shape index (κ3) is 8.79. The average Bonchev–Trinajstić information content (AvgIpc) is 2.89. The number of azo groups is 1. The zero-order valence-corrected chi connectivity index (χ0v) is 25.1. The standard InChI is InChI=1S/C25H23BrN4O11S.Cu/c1-11-3-2-4-13-19(42(39,40)41)8-17(22(33)21(11)13)30-29-16-6-5-12(7-14(16)24(35)36)28-23(34)15(26)10-27-18(25(37)38)9-20(31)32;/h2-8,15,18,27,33H,9-10H2,1H3,(H,28,34)(H,31,32)(H,35,36)(H,37,38)(H,39,40,41);. The van der Waals surface area contributed by atoms with E-state index in [9.17, 15) is 42.4 Å². The Morgan fingerprint density at radius 2 is 1.65 bits per heavy atom. The molecule has 0 saturated carbocycles. The van der Waals surface area contributed by atoms with Crippen molar-refractivity contribution < 1.29 is 69.6 Å². The zero-order chi connectivity index (χ0) is 31.4. The van der Waals surface area contributed by atoms with Crippen molar-refractivity contribution in [2.75, 3.05) is 11.9 Å². The van der Waals surface area contributed by atoms with Crippen molar-refractivity contribution in [2.24, 2.45) is 10.2 Å². The molecule has 3 aromatic rings. The monoisotopic (exact) mass is 729 g/mol. The summed E-state index contributed by atoms with van der Waals surface area (Å²) in [5.41, 5.74) is -0.541. The molecular formula is C25H23BrCuN4O11S. The van der Waals surface area contributed by atoms with E-state index >= 15 is 0 Å². The SMILES string of the molecule is Cc1cccc2c(S(=O)(=O)O)cc(N=Nc3ccc(NC(=O)C(Br)CNC(CC(=O)O)C(=O)O)cc3C(=O)O)c(O)c12.[Cu]. The zero-order valence-electron chi connectivity index (χ0n) is 21.8. The number of nitrogens with one attached hydrogen (secondary N) is 2. The number of phenols is 1. The number of halogens is 1. The van der Waals surface area contributed by atoms with Crippen molar-refractivity contribution in [3.05, 3.63) is 53.6 Å². The molecular weight excluding hydrogens is 708 g/mol. The first-order chi connectivity index (χ1) is 19.6. The van der Waals surface area contributed by atoms with Crippen LogP contribution in [0.15, 0.2) is 57.6 Å². The van der Waals surface area contributed by atoms with Crippen molar-refractivity contribution in [3.63, 3.8) is 0 Å².